The third-order valence-electron chi connectivity index (χ3n) is 2.39. The van der Waals surface area contributed by atoms with Crippen molar-refractivity contribution in [1.29, 1.82) is 0 Å². The monoisotopic (exact) mass is 306 g/mol. The van der Waals surface area contributed by atoms with Gasteiger partial charge in [-0.15, -0.1) is 0 Å². The molecule has 0 spiro atoms. The Labute approximate surface area is 113 Å². The van der Waals surface area contributed by atoms with Crippen molar-refractivity contribution in [3.63, 3.8) is 0 Å². The molecule has 5 heteroatoms. The van der Waals surface area contributed by atoms with Crippen molar-refractivity contribution in [1.82, 2.24) is 4.98 Å². The van der Waals surface area contributed by atoms with Gasteiger partial charge in [-0.3, -0.25) is 0 Å². The van der Waals surface area contributed by atoms with Crippen LogP contribution < -0.4 is 5.32 Å². The maximum Gasteiger partial charge on any atom is 0.354 e. The van der Waals surface area contributed by atoms with Crippen molar-refractivity contribution < 1.29 is 9.90 Å². The van der Waals surface area contributed by atoms with Gasteiger partial charge in [-0.05, 0) is 23.8 Å². The van der Waals surface area contributed by atoms with E-state index in [-0.39, 0.29) is 5.69 Å². The van der Waals surface area contributed by atoms with Crippen LogP contribution in [-0.4, -0.2) is 16.1 Å². The highest BCUT2D eigenvalue weighted by atomic mass is 79.9. The van der Waals surface area contributed by atoms with E-state index in [4.69, 9.17) is 5.11 Å². The largest absolute Gasteiger partial charge is 0.477 e. The molecule has 2 N–H and O–H groups in total. The summed E-state index contributed by atoms with van der Waals surface area (Å²) in [4.78, 5) is 14.8. The highest BCUT2D eigenvalue weighted by Crippen LogP contribution is 2.17. The quantitative estimate of drug-likeness (QED) is 0.911. The molecule has 0 unspecified atom stereocenters. The number of carboxylic acid groups (broad SMARTS) is 1. The van der Waals surface area contributed by atoms with Crippen LogP contribution in [0.1, 0.15) is 16.1 Å². The fraction of sp³-hybridized carbons (Fsp3) is 0.0769. The van der Waals surface area contributed by atoms with Crippen LogP contribution in [0.3, 0.4) is 0 Å². The van der Waals surface area contributed by atoms with Crippen LogP contribution >= 0.6 is 15.9 Å². The molecule has 0 aliphatic carbocycles. The number of carbonyl (C=O) groups is 1. The highest BCUT2D eigenvalue weighted by Gasteiger charge is 2.05. The first-order valence-electron chi connectivity index (χ1n) is 5.34. The minimum Gasteiger partial charge on any atom is -0.477 e. The topological polar surface area (TPSA) is 62.2 Å². The molecule has 2 aromatic rings. The number of rotatable bonds is 4. The minimum absolute atomic E-state index is 0.0344. The summed E-state index contributed by atoms with van der Waals surface area (Å²) in [7, 11) is 0. The predicted molar refractivity (Wildman–Crippen MR) is 72.7 cm³/mol. The SMILES string of the molecule is O=C(O)c1cccc(NCc2ccccc2Br)n1. The number of nitrogens with one attached hydrogen (secondary N) is 1. The summed E-state index contributed by atoms with van der Waals surface area (Å²) in [6.45, 7) is 0.581. The Kier molecular flexibility index (Phi) is 3.94. The van der Waals surface area contributed by atoms with Gasteiger partial charge in [0.25, 0.3) is 0 Å². The molecule has 0 atom stereocenters. The molecule has 0 aliphatic heterocycles. The minimum atomic E-state index is -1.03. The first-order valence-corrected chi connectivity index (χ1v) is 6.14. The van der Waals surface area contributed by atoms with Crippen LogP contribution in [0.2, 0.25) is 0 Å². The van der Waals surface area contributed by atoms with Crippen molar-refractivity contribution >= 4 is 27.7 Å². The second-order valence-corrected chi connectivity index (χ2v) is 4.51. The Morgan fingerprint density at radius 2 is 2.00 bits per heavy atom. The smallest absolute Gasteiger partial charge is 0.354 e. The lowest BCUT2D eigenvalue weighted by Crippen LogP contribution is -2.05. The van der Waals surface area contributed by atoms with Crippen LogP contribution in [0.4, 0.5) is 5.82 Å². The molecule has 1 aromatic carbocycles. The summed E-state index contributed by atoms with van der Waals surface area (Å²) in [5.41, 5.74) is 1.12. The second-order valence-electron chi connectivity index (χ2n) is 3.66. The average Bonchev–Trinajstić information content (AvgIpc) is 2.38. The highest BCUT2D eigenvalue weighted by molar-refractivity contribution is 9.10. The van der Waals surface area contributed by atoms with E-state index >= 15 is 0 Å². The summed E-state index contributed by atoms with van der Waals surface area (Å²) in [6.07, 6.45) is 0. The fourth-order valence-corrected chi connectivity index (χ4v) is 1.90. The van der Waals surface area contributed by atoms with Gasteiger partial charge in [-0.2, -0.15) is 0 Å². The molecule has 18 heavy (non-hydrogen) atoms. The molecule has 0 saturated carbocycles. The molecular weight excluding hydrogens is 296 g/mol. The lowest BCUT2D eigenvalue weighted by molar-refractivity contribution is 0.0690. The van der Waals surface area contributed by atoms with Gasteiger partial charge in [0.1, 0.15) is 5.82 Å². The van der Waals surface area contributed by atoms with E-state index in [0.717, 1.165) is 10.0 Å². The average molecular weight is 307 g/mol. The number of pyridine rings is 1. The number of aromatic nitrogens is 1. The molecule has 0 aliphatic rings. The zero-order chi connectivity index (χ0) is 13.0. The van der Waals surface area contributed by atoms with Crippen LogP contribution in [0.15, 0.2) is 46.9 Å². The number of anilines is 1. The van der Waals surface area contributed by atoms with Crippen molar-refractivity contribution in [3.8, 4) is 0 Å². The van der Waals surface area contributed by atoms with E-state index in [9.17, 15) is 4.79 Å². The molecule has 2 rings (SSSR count). The van der Waals surface area contributed by atoms with Crippen molar-refractivity contribution in [2.75, 3.05) is 5.32 Å². The zero-order valence-corrected chi connectivity index (χ0v) is 11.0. The van der Waals surface area contributed by atoms with Crippen LogP contribution in [0, 0.1) is 0 Å². The molecule has 1 aromatic heterocycles. The summed E-state index contributed by atoms with van der Waals surface area (Å²) in [6, 6.07) is 12.7. The Balaban J connectivity index is 2.09. The Hall–Kier alpha value is -1.88. The molecule has 0 bridgehead atoms. The summed E-state index contributed by atoms with van der Waals surface area (Å²) in [5.74, 6) is -0.481. The fourth-order valence-electron chi connectivity index (χ4n) is 1.48. The van der Waals surface area contributed by atoms with Gasteiger partial charge in [0.05, 0.1) is 0 Å². The van der Waals surface area contributed by atoms with Gasteiger partial charge in [-0.1, -0.05) is 40.2 Å². The van der Waals surface area contributed by atoms with Gasteiger partial charge in [-0.25, -0.2) is 9.78 Å². The normalized spacial score (nSPS) is 10.1. The van der Waals surface area contributed by atoms with Gasteiger partial charge >= 0.3 is 5.97 Å². The van der Waals surface area contributed by atoms with Gasteiger partial charge in [0.15, 0.2) is 5.69 Å². The van der Waals surface area contributed by atoms with E-state index in [0.29, 0.717) is 12.4 Å². The number of carboxylic acids is 1. The van der Waals surface area contributed by atoms with Gasteiger partial charge in [0.2, 0.25) is 0 Å². The molecular formula is C13H11BrN2O2. The maximum atomic E-state index is 10.8. The molecule has 0 amide bonds. The van der Waals surface area contributed by atoms with Crippen LogP contribution in [-0.2, 0) is 6.54 Å². The third kappa shape index (κ3) is 3.07. The number of halogens is 1. The Morgan fingerprint density at radius 1 is 1.22 bits per heavy atom. The predicted octanol–water partition coefficient (Wildman–Crippen LogP) is 3.15. The number of benzene rings is 1. The molecule has 0 radical (unpaired) electrons. The number of hydrogen-bond donors (Lipinski definition) is 2. The number of hydrogen-bond acceptors (Lipinski definition) is 3. The van der Waals surface area contributed by atoms with E-state index < -0.39 is 5.97 Å². The van der Waals surface area contributed by atoms with Crippen molar-refractivity contribution in [3.05, 3.63) is 58.2 Å². The molecule has 0 fully saturated rings. The summed E-state index contributed by atoms with van der Waals surface area (Å²) < 4.78 is 1.01. The maximum absolute atomic E-state index is 10.8. The summed E-state index contributed by atoms with van der Waals surface area (Å²) in [5, 5.41) is 11.9. The lowest BCUT2D eigenvalue weighted by atomic mass is 10.2. The summed E-state index contributed by atoms with van der Waals surface area (Å²) >= 11 is 3.45. The van der Waals surface area contributed by atoms with Crippen LogP contribution in [0.5, 0.6) is 0 Å². The number of nitrogens with zero attached hydrogens (tertiary/aromatic N) is 1. The lowest BCUT2D eigenvalue weighted by Gasteiger charge is -2.07. The molecule has 0 saturated heterocycles. The van der Waals surface area contributed by atoms with Crippen LogP contribution in [0.25, 0.3) is 0 Å². The van der Waals surface area contributed by atoms with E-state index in [1.165, 1.54) is 6.07 Å². The second kappa shape index (κ2) is 5.64. The zero-order valence-electron chi connectivity index (χ0n) is 9.43. The van der Waals surface area contributed by atoms with Gasteiger partial charge < -0.3 is 10.4 Å². The third-order valence-corrected chi connectivity index (χ3v) is 3.16. The Morgan fingerprint density at radius 3 is 2.72 bits per heavy atom. The molecule has 4 nitrogen and oxygen atoms in total. The van der Waals surface area contributed by atoms with Gasteiger partial charge in [0, 0.05) is 11.0 Å². The first kappa shape index (κ1) is 12.6. The number of aromatic carboxylic acids is 1. The van der Waals surface area contributed by atoms with E-state index in [2.05, 4.69) is 26.2 Å². The van der Waals surface area contributed by atoms with Crippen molar-refractivity contribution in [2.45, 2.75) is 6.54 Å². The first-order chi connectivity index (χ1) is 8.66. The Bertz CT molecular complexity index is 572. The standard InChI is InChI=1S/C13H11BrN2O2/c14-10-5-2-1-4-9(10)8-15-12-7-3-6-11(16-12)13(17)18/h1-7H,8H2,(H,15,16)(H,17,18). The van der Waals surface area contributed by atoms with E-state index in [1.807, 2.05) is 24.3 Å². The van der Waals surface area contributed by atoms with Crippen molar-refractivity contribution in [2.24, 2.45) is 0 Å². The van der Waals surface area contributed by atoms with E-state index in [1.54, 1.807) is 12.1 Å². The molecule has 1 heterocycles. The molecule has 92 valence electrons.